The quantitative estimate of drug-likeness (QED) is 0.568. The van der Waals surface area contributed by atoms with Crippen molar-refractivity contribution in [1.29, 1.82) is 0 Å². The number of sulfone groups is 1. The van der Waals surface area contributed by atoms with Crippen LogP contribution in [-0.4, -0.2) is 30.6 Å². The third-order valence-corrected chi connectivity index (χ3v) is 6.65. The van der Waals surface area contributed by atoms with Crippen LogP contribution in [0.4, 0.5) is 13.9 Å². The van der Waals surface area contributed by atoms with Crippen molar-refractivity contribution in [1.82, 2.24) is 10.2 Å². The second-order valence-corrected chi connectivity index (χ2v) is 9.07. The number of amides is 1. The van der Waals surface area contributed by atoms with Crippen molar-refractivity contribution in [3.63, 3.8) is 0 Å². The van der Waals surface area contributed by atoms with E-state index in [4.69, 9.17) is 4.74 Å². The van der Waals surface area contributed by atoms with Crippen LogP contribution in [-0.2, 0) is 20.4 Å². The molecular weight excluding hydrogens is 424 g/mol. The molecule has 2 aromatic carbocycles. The van der Waals surface area contributed by atoms with E-state index >= 15 is 0 Å². The van der Waals surface area contributed by atoms with E-state index in [2.05, 4.69) is 15.5 Å². The lowest BCUT2D eigenvalue weighted by Crippen LogP contribution is -2.30. The van der Waals surface area contributed by atoms with Gasteiger partial charge >= 0.3 is 0 Å². The minimum Gasteiger partial charge on any atom is -0.481 e. The molecule has 7 nitrogen and oxygen atoms in total. The lowest BCUT2D eigenvalue weighted by molar-refractivity contribution is -0.122. The second-order valence-electron chi connectivity index (χ2n) is 5.93. The predicted molar refractivity (Wildman–Crippen MR) is 102 cm³/mol. The van der Waals surface area contributed by atoms with E-state index in [9.17, 15) is 22.0 Å². The fourth-order valence-corrected chi connectivity index (χ4v) is 4.58. The number of anilines is 1. The van der Waals surface area contributed by atoms with Crippen molar-refractivity contribution in [2.75, 3.05) is 5.32 Å². The lowest BCUT2D eigenvalue weighted by Gasteiger charge is -2.13. The van der Waals surface area contributed by atoms with E-state index < -0.39 is 39.2 Å². The van der Waals surface area contributed by atoms with Gasteiger partial charge in [0.25, 0.3) is 5.91 Å². The monoisotopic (exact) mass is 439 g/mol. The maximum Gasteiger partial charge on any atom is 0.266 e. The first-order valence-electron chi connectivity index (χ1n) is 8.27. The average molecular weight is 439 g/mol. The summed E-state index contributed by atoms with van der Waals surface area (Å²) in [7, 11) is -3.94. The van der Waals surface area contributed by atoms with Gasteiger partial charge in [0.15, 0.2) is 6.10 Å². The molecule has 1 amide bonds. The van der Waals surface area contributed by atoms with Gasteiger partial charge in [-0.2, -0.15) is 0 Å². The summed E-state index contributed by atoms with van der Waals surface area (Å²) in [4.78, 5) is 12.2. The highest BCUT2D eigenvalue weighted by Crippen LogP contribution is 2.24. The predicted octanol–water partition coefficient (Wildman–Crippen LogP) is 3.20. The van der Waals surface area contributed by atoms with Crippen LogP contribution >= 0.6 is 11.3 Å². The van der Waals surface area contributed by atoms with Gasteiger partial charge in [0, 0.05) is 5.56 Å². The first-order chi connectivity index (χ1) is 13.7. The molecule has 1 N–H and O–H groups in total. The molecule has 11 heteroatoms. The highest BCUT2D eigenvalue weighted by atomic mass is 32.2. The van der Waals surface area contributed by atoms with Gasteiger partial charge in [0.2, 0.25) is 19.3 Å². The number of carbonyl (C=O) groups is 1. The van der Waals surface area contributed by atoms with E-state index in [1.54, 1.807) is 0 Å². The van der Waals surface area contributed by atoms with Crippen molar-refractivity contribution in [3.8, 4) is 5.75 Å². The van der Waals surface area contributed by atoms with Crippen molar-refractivity contribution in [3.05, 3.63) is 65.7 Å². The van der Waals surface area contributed by atoms with Gasteiger partial charge < -0.3 is 4.74 Å². The molecule has 0 aliphatic heterocycles. The Morgan fingerprint density at radius 3 is 2.52 bits per heavy atom. The van der Waals surface area contributed by atoms with Gasteiger partial charge in [-0.05, 0) is 37.3 Å². The molecule has 3 aromatic rings. The molecule has 0 fully saturated rings. The number of benzene rings is 2. The Bertz CT molecular complexity index is 1120. The maximum atomic E-state index is 13.7. The normalized spacial score (nSPS) is 12.4. The van der Waals surface area contributed by atoms with Crippen LogP contribution in [0.15, 0.2) is 52.9 Å². The molecule has 29 heavy (non-hydrogen) atoms. The van der Waals surface area contributed by atoms with Gasteiger partial charge in [-0.3, -0.25) is 10.1 Å². The molecule has 0 aliphatic carbocycles. The first kappa shape index (κ1) is 20.8. The zero-order valence-electron chi connectivity index (χ0n) is 15.0. The Hall–Kier alpha value is -2.92. The smallest absolute Gasteiger partial charge is 0.266 e. The summed E-state index contributed by atoms with van der Waals surface area (Å²) >= 11 is 0.649. The minimum absolute atomic E-state index is 0.00889. The molecule has 1 atom stereocenters. The molecular formula is C18H15F2N3O4S2. The fraction of sp³-hybridized carbons (Fsp3) is 0.167. The number of nitrogens with one attached hydrogen (secondary N) is 1. The molecule has 0 saturated heterocycles. The number of nitrogens with zero attached hydrogens (tertiary/aromatic N) is 2. The standard InChI is InChI=1S/C18H15F2N3O4S2/c1-11(27-14-8-6-13(19)7-9-14)16(24)21-17-22-23-18(28-17)29(25,26)10-12-4-2-3-5-15(12)20/h2-9,11H,10H2,1H3,(H,21,22,24)/t11-/m0/s1. The van der Waals surface area contributed by atoms with Crippen LogP contribution in [0, 0.1) is 11.6 Å². The first-order valence-corrected chi connectivity index (χ1v) is 10.7. The molecule has 0 radical (unpaired) electrons. The van der Waals surface area contributed by atoms with Crippen LogP contribution in [0.5, 0.6) is 5.75 Å². The highest BCUT2D eigenvalue weighted by molar-refractivity contribution is 7.92. The summed E-state index contributed by atoms with van der Waals surface area (Å²) in [5.41, 5.74) is 0.00889. The van der Waals surface area contributed by atoms with Gasteiger partial charge in [-0.1, -0.05) is 29.5 Å². The SMILES string of the molecule is C[C@H](Oc1ccc(F)cc1)C(=O)Nc1nnc(S(=O)(=O)Cc2ccccc2F)s1. The Kier molecular flexibility index (Phi) is 6.18. The summed E-state index contributed by atoms with van der Waals surface area (Å²) in [5, 5.41) is 9.59. The summed E-state index contributed by atoms with van der Waals surface area (Å²) in [6.45, 7) is 1.47. The topological polar surface area (TPSA) is 98.2 Å². The Balaban J connectivity index is 1.65. The fourth-order valence-electron chi connectivity index (χ4n) is 2.25. The van der Waals surface area contributed by atoms with Crippen LogP contribution in [0.2, 0.25) is 0 Å². The Morgan fingerprint density at radius 1 is 1.14 bits per heavy atom. The highest BCUT2D eigenvalue weighted by Gasteiger charge is 2.24. The number of hydrogen-bond donors (Lipinski definition) is 1. The van der Waals surface area contributed by atoms with E-state index in [0.29, 0.717) is 17.1 Å². The van der Waals surface area contributed by atoms with Gasteiger partial charge in [0.05, 0.1) is 5.75 Å². The van der Waals surface area contributed by atoms with Gasteiger partial charge in [0.1, 0.15) is 17.4 Å². The number of ether oxygens (including phenoxy) is 1. The summed E-state index contributed by atoms with van der Waals surface area (Å²) in [5.74, 6) is -1.96. The van der Waals surface area contributed by atoms with E-state index in [1.165, 1.54) is 55.5 Å². The van der Waals surface area contributed by atoms with E-state index in [-0.39, 0.29) is 15.0 Å². The summed E-state index contributed by atoms with van der Waals surface area (Å²) in [6, 6.07) is 10.6. The third kappa shape index (κ3) is 5.33. The molecule has 0 unspecified atom stereocenters. The number of halogens is 2. The minimum atomic E-state index is -3.94. The molecule has 0 spiro atoms. The molecule has 0 aliphatic rings. The lowest BCUT2D eigenvalue weighted by atomic mass is 10.2. The largest absolute Gasteiger partial charge is 0.481 e. The number of hydrogen-bond acceptors (Lipinski definition) is 7. The van der Waals surface area contributed by atoms with Crippen LogP contribution in [0.1, 0.15) is 12.5 Å². The molecule has 3 rings (SSSR count). The Morgan fingerprint density at radius 2 is 1.83 bits per heavy atom. The molecule has 1 aromatic heterocycles. The molecule has 152 valence electrons. The maximum absolute atomic E-state index is 13.7. The third-order valence-electron chi connectivity index (χ3n) is 3.70. The van der Waals surface area contributed by atoms with Crippen LogP contribution < -0.4 is 10.1 Å². The van der Waals surface area contributed by atoms with Crippen molar-refractivity contribution in [2.45, 2.75) is 23.1 Å². The molecule has 0 bridgehead atoms. The number of rotatable bonds is 7. The summed E-state index contributed by atoms with van der Waals surface area (Å²) in [6.07, 6.45) is -0.956. The summed E-state index contributed by atoms with van der Waals surface area (Å²) < 4.78 is 56.5. The van der Waals surface area contributed by atoms with Gasteiger partial charge in [-0.25, -0.2) is 17.2 Å². The number of carbonyl (C=O) groups excluding carboxylic acids is 1. The second kappa shape index (κ2) is 8.62. The van der Waals surface area contributed by atoms with E-state index in [1.807, 2.05) is 0 Å². The average Bonchev–Trinajstić information content (AvgIpc) is 3.15. The van der Waals surface area contributed by atoms with Crippen molar-refractivity contribution >= 4 is 32.2 Å². The number of aromatic nitrogens is 2. The van der Waals surface area contributed by atoms with Crippen molar-refractivity contribution < 1.29 is 26.7 Å². The van der Waals surface area contributed by atoms with Gasteiger partial charge in [-0.15, -0.1) is 10.2 Å². The Labute approximate surface area is 169 Å². The zero-order chi connectivity index (χ0) is 21.0. The van der Waals surface area contributed by atoms with Crippen LogP contribution in [0.3, 0.4) is 0 Å². The molecule has 0 saturated carbocycles. The zero-order valence-corrected chi connectivity index (χ0v) is 16.6. The van der Waals surface area contributed by atoms with Crippen molar-refractivity contribution in [2.24, 2.45) is 0 Å². The van der Waals surface area contributed by atoms with E-state index in [0.717, 1.165) is 0 Å². The van der Waals surface area contributed by atoms with Crippen LogP contribution in [0.25, 0.3) is 0 Å². The molecule has 1 heterocycles.